The molecule has 14 heavy (non-hydrogen) atoms. The molecule has 2 unspecified atom stereocenters. The summed E-state index contributed by atoms with van der Waals surface area (Å²) in [4.78, 5) is 0. The van der Waals surface area contributed by atoms with Crippen LogP contribution in [0.1, 0.15) is 19.4 Å². The maximum Gasteiger partial charge on any atom is 0.123 e. The molecule has 0 fully saturated rings. The Morgan fingerprint density at radius 1 is 1.50 bits per heavy atom. The van der Waals surface area contributed by atoms with Gasteiger partial charge in [-0.1, -0.05) is 25.1 Å². The molecular formula is C12H17NO. The first-order valence-electron chi connectivity index (χ1n) is 5.29. The maximum absolute atomic E-state index is 5.86. The molecule has 0 aliphatic carbocycles. The molecule has 0 spiro atoms. The normalized spacial score (nSPS) is 21.4. The second kappa shape index (κ2) is 4.01. The van der Waals surface area contributed by atoms with Gasteiger partial charge in [-0.05, 0) is 25.1 Å². The first-order chi connectivity index (χ1) is 6.81. The number of rotatable bonds is 3. The van der Waals surface area contributed by atoms with Crippen LogP contribution in [0, 0.1) is 0 Å². The number of likely N-dealkylation sites (N-methyl/N-ethyl adjacent to an activating group) is 1. The molecule has 0 radical (unpaired) electrons. The minimum atomic E-state index is 0.298. The van der Waals surface area contributed by atoms with Crippen molar-refractivity contribution in [2.75, 3.05) is 6.54 Å². The predicted molar refractivity (Wildman–Crippen MR) is 57.7 cm³/mol. The van der Waals surface area contributed by atoms with Crippen LogP contribution in [-0.4, -0.2) is 18.7 Å². The molecule has 76 valence electrons. The van der Waals surface area contributed by atoms with E-state index in [2.05, 4.69) is 31.3 Å². The summed E-state index contributed by atoms with van der Waals surface area (Å²) < 4.78 is 5.86. The predicted octanol–water partition coefficient (Wildman–Crippen LogP) is 1.99. The molecule has 1 aromatic rings. The molecule has 1 heterocycles. The Bertz CT molecular complexity index is 286. The average molecular weight is 191 g/mol. The Morgan fingerprint density at radius 2 is 2.29 bits per heavy atom. The Kier molecular flexibility index (Phi) is 2.73. The molecule has 2 rings (SSSR count). The highest BCUT2D eigenvalue weighted by atomic mass is 16.5. The molecule has 1 aliphatic heterocycles. The largest absolute Gasteiger partial charge is 0.488 e. The van der Waals surface area contributed by atoms with Gasteiger partial charge >= 0.3 is 0 Å². The van der Waals surface area contributed by atoms with Crippen LogP contribution in [0.4, 0.5) is 0 Å². The van der Waals surface area contributed by atoms with Gasteiger partial charge in [-0.25, -0.2) is 0 Å². The number of fused-ring (bicyclic) bond motifs is 1. The first kappa shape index (κ1) is 9.53. The lowest BCUT2D eigenvalue weighted by molar-refractivity contribution is 0.187. The first-order valence-corrected chi connectivity index (χ1v) is 5.29. The van der Waals surface area contributed by atoms with Crippen LogP contribution in [-0.2, 0) is 6.42 Å². The molecule has 0 bridgehead atoms. The Labute approximate surface area is 85.3 Å². The summed E-state index contributed by atoms with van der Waals surface area (Å²) in [5, 5.41) is 3.40. The lowest BCUT2D eigenvalue weighted by atomic mass is 10.1. The van der Waals surface area contributed by atoms with Gasteiger partial charge in [-0.3, -0.25) is 0 Å². The average Bonchev–Trinajstić information content (AvgIpc) is 2.61. The zero-order valence-corrected chi connectivity index (χ0v) is 8.79. The van der Waals surface area contributed by atoms with Crippen LogP contribution in [0.25, 0.3) is 0 Å². The van der Waals surface area contributed by atoms with Crippen LogP contribution >= 0.6 is 0 Å². The van der Waals surface area contributed by atoms with Gasteiger partial charge in [0, 0.05) is 12.5 Å². The second-order valence-electron chi connectivity index (χ2n) is 3.81. The van der Waals surface area contributed by atoms with E-state index in [1.807, 2.05) is 12.1 Å². The van der Waals surface area contributed by atoms with E-state index in [1.165, 1.54) is 5.56 Å². The molecule has 1 aromatic carbocycles. The minimum Gasteiger partial charge on any atom is -0.488 e. The molecule has 2 atom stereocenters. The van der Waals surface area contributed by atoms with E-state index in [4.69, 9.17) is 4.74 Å². The summed E-state index contributed by atoms with van der Waals surface area (Å²) in [7, 11) is 0. The standard InChI is InChI=1S/C12H17NO/c1-3-13-9(2)12-8-10-6-4-5-7-11(10)14-12/h4-7,9,12-13H,3,8H2,1-2H3. The third-order valence-electron chi connectivity index (χ3n) is 2.76. The highest BCUT2D eigenvalue weighted by Gasteiger charge is 2.26. The van der Waals surface area contributed by atoms with E-state index in [1.54, 1.807) is 0 Å². The molecule has 1 N–H and O–H groups in total. The van der Waals surface area contributed by atoms with E-state index in [9.17, 15) is 0 Å². The van der Waals surface area contributed by atoms with Gasteiger partial charge in [0.25, 0.3) is 0 Å². The van der Waals surface area contributed by atoms with Crippen molar-refractivity contribution in [1.29, 1.82) is 0 Å². The maximum atomic E-state index is 5.86. The second-order valence-corrected chi connectivity index (χ2v) is 3.81. The van der Waals surface area contributed by atoms with Crippen molar-refractivity contribution in [3.63, 3.8) is 0 Å². The Morgan fingerprint density at radius 3 is 3.00 bits per heavy atom. The van der Waals surface area contributed by atoms with Crippen molar-refractivity contribution in [3.05, 3.63) is 29.8 Å². The number of hydrogen-bond acceptors (Lipinski definition) is 2. The number of benzene rings is 1. The summed E-state index contributed by atoms with van der Waals surface area (Å²) in [5.41, 5.74) is 1.34. The molecular weight excluding hydrogens is 174 g/mol. The smallest absolute Gasteiger partial charge is 0.123 e. The fourth-order valence-corrected chi connectivity index (χ4v) is 1.94. The van der Waals surface area contributed by atoms with Gasteiger partial charge in [0.2, 0.25) is 0 Å². The Hall–Kier alpha value is -1.02. The van der Waals surface area contributed by atoms with Crippen molar-refractivity contribution in [3.8, 4) is 5.75 Å². The monoisotopic (exact) mass is 191 g/mol. The zero-order chi connectivity index (χ0) is 9.97. The summed E-state index contributed by atoms with van der Waals surface area (Å²) in [5.74, 6) is 1.06. The summed E-state index contributed by atoms with van der Waals surface area (Å²) in [6, 6.07) is 8.72. The molecule has 2 nitrogen and oxygen atoms in total. The number of nitrogens with one attached hydrogen (secondary N) is 1. The van der Waals surface area contributed by atoms with Crippen LogP contribution in [0.5, 0.6) is 5.75 Å². The van der Waals surface area contributed by atoms with Crippen molar-refractivity contribution in [1.82, 2.24) is 5.32 Å². The van der Waals surface area contributed by atoms with Crippen molar-refractivity contribution >= 4 is 0 Å². The van der Waals surface area contributed by atoms with Gasteiger partial charge in [-0.2, -0.15) is 0 Å². The van der Waals surface area contributed by atoms with Crippen LogP contribution in [0.3, 0.4) is 0 Å². The molecule has 0 aromatic heterocycles. The van der Waals surface area contributed by atoms with E-state index in [-0.39, 0.29) is 0 Å². The number of ether oxygens (including phenoxy) is 1. The highest BCUT2D eigenvalue weighted by molar-refractivity contribution is 5.37. The SMILES string of the molecule is CCNC(C)C1Cc2ccccc2O1. The van der Waals surface area contributed by atoms with Gasteiger partial charge in [0.1, 0.15) is 11.9 Å². The van der Waals surface area contributed by atoms with Crippen LogP contribution in [0.2, 0.25) is 0 Å². The van der Waals surface area contributed by atoms with Crippen LogP contribution < -0.4 is 10.1 Å². The van der Waals surface area contributed by atoms with Gasteiger partial charge in [-0.15, -0.1) is 0 Å². The van der Waals surface area contributed by atoms with E-state index >= 15 is 0 Å². The third-order valence-corrected chi connectivity index (χ3v) is 2.76. The molecule has 0 saturated heterocycles. The number of para-hydroxylation sites is 1. The molecule has 0 amide bonds. The van der Waals surface area contributed by atoms with Gasteiger partial charge in [0.05, 0.1) is 0 Å². The van der Waals surface area contributed by atoms with E-state index in [0.29, 0.717) is 12.1 Å². The van der Waals surface area contributed by atoms with Crippen molar-refractivity contribution in [2.24, 2.45) is 0 Å². The molecule has 2 heteroatoms. The quantitative estimate of drug-likeness (QED) is 0.789. The summed E-state index contributed by atoms with van der Waals surface area (Å²) in [6.45, 7) is 5.30. The van der Waals surface area contributed by atoms with E-state index in [0.717, 1.165) is 18.7 Å². The highest BCUT2D eigenvalue weighted by Crippen LogP contribution is 2.29. The van der Waals surface area contributed by atoms with Crippen molar-refractivity contribution in [2.45, 2.75) is 32.4 Å². The topological polar surface area (TPSA) is 21.3 Å². The van der Waals surface area contributed by atoms with E-state index < -0.39 is 0 Å². The fourth-order valence-electron chi connectivity index (χ4n) is 1.94. The van der Waals surface area contributed by atoms with Crippen molar-refractivity contribution < 1.29 is 4.74 Å². The summed E-state index contributed by atoms with van der Waals surface area (Å²) in [6.07, 6.45) is 1.33. The zero-order valence-electron chi connectivity index (χ0n) is 8.79. The van der Waals surface area contributed by atoms with Crippen LogP contribution in [0.15, 0.2) is 24.3 Å². The third kappa shape index (κ3) is 1.75. The van der Waals surface area contributed by atoms with Gasteiger partial charge < -0.3 is 10.1 Å². The summed E-state index contributed by atoms with van der Waals surface area (Å²) >= 11 is 0. The van der Waals surface area contributed by atoms with Gasteiger partial charge in [0.15, 0.2) is 0 Å². The lowest BCUT2D eigenvalue weighted by Crippen LogP contribution is -2.39. The lowest BCUT2D eigenvalue weighted by Gasteiger charge is -2.19. The fraction of sp³-hybridized carbons (Fsp3) is 0.500. The minimum absolute atomic E-state index is 0.298. The molecule has 1 aliphatic rings. The Balaban J connectivity index is 2.04. The molecule has 0 saturated carbocycles. The number of hydrogen-bond donors (Lipinski definition) is 1.